The van der Waals surface area contributed by atoms with Crippen molar-refractivity contribution in [3.05, 3.63) is 23.8 Å². The zero-order valence-corrected chi connectivity index (χ0v) is 15.0. The minimum absolute atomic E-state index is 0.314. The van der Waals surface area contributed by atoms with E-state index in [4.69, 9.17) is 14.2 Å². The molecule has 1 heterocycles. The number of ether oxygens (including phenoxy) is 3. The van der Waals surface area contributed by atoms with Gasteiger partial charge in [0, 0.05) is 38.3 Å². The molecule has 0 aliphatic carbocycles. The van der Waals surface area contributed by atoms with Gasteiger partial charge in [0.05, 0.1) is 33.5 Å². The maximum Gasteiger partial charge on any atom is 0.124 e. The molecule has 1 atom stereocenters. The summed E-state index contributed by atoms with van der Waals surface area (Å²) in [5.74, 6) is 1.53. The van der Waals surface area contributed by atoms with Gasteiger partial charge in [-0.25, -0.2) is 0 Å². The fourth-order valence-electron chi connectivity index (χ4n) is 2.94. The van der Waals surface area contributed by atoms with Crippen LogP contribution in [0.15, 0.2) is 18.2 Å². The van der Waals surface area contributed by atoms with Crippen molar-refractivity contribution in [2.75, 3.05) is 60.1 Å². The monoisotopic (exact) mass is 338 g/mol. The van der Waals surface area contributed by atoms with Gasteiger partial charge in [-0.2, -0.15) is 0 Å². The molecular weight excluding hydrogens is 308 g/mol. The maximum atomic E-state index is 10.2. The normalized spacial score (nSPS) is 17.7. The highest BCUT2D eigenvalue weighted by molar-refractivity contribution is 5.39. The molecule has 1 N–H and O–H groups in total. The molecule has 1 aromatic rings. The Morgan fingerprint density at radius 1 is 1.08 bits per heavy atom. The van der Waals surface area contributed by atoms with Crippen LogP contribution in [0.2, 0.25) is 0 Å². The summed E-state index contributed by atoms with van der Waals surface area (Å²) in [6.07, 6.45) is -0.477. The number of hydrogen-bond acceptors (Lipinski definition) is 6. The lowest BCUT2D eigenvalue weighted by atomic mass is 10.2. The standard InChI is InChI=1S/C18H30N2O4/c1-4-19-7-9-20(10-8-19)12-16(21)14-24-13-15-11-17(22-2)5-6-18(15)23-3/h5-6,11,16,21H,4,7-10,12-14H2,1-3H3/t16-/m0/s1. The smallest absolute Gasteiger partial charge is 0.124 e. The van der Waals surface area contributed by atoms with Gasteiger partial charge in [0.15, 0.2) is 0 Å². The number of aliphatic hydroxyl groups excluding tert-OH is 1. The summed E-state index contributed by atoms with van der Waals surface area (Å²) >= 11 is 0. The molecule has 1 saturated heterocycles. The van der Waals surface area contributed by atoms with Gasteiger partial charge in [0.25, 0.3) is 0 Å². The van der Waals surface area contributed by atoms with Gasteiger partial charge in [-0.1, -0.05) is 6.92 Å². The second-order valence-electron chi connectivity index (χ2n) is 6.08. The second-order valence-corrected chi connectivity index (χ2v) is 6.08. The highest BCUT2D eigenvalue weighted by Gasteiger charge is 2.18. The summed E-state index contributed by atoms with van der Waals surface area (Å²) in [6.45, 7) is 8.81. The fourth-order valence-corrected chi connectivity index (χ4v) is 2.94. The number of nitrogens with zero attached hydrogens (tertiary/aromatic N) is 2. The zero-order valence-electron chi connectivity index (χ0n) is 15.0. The molecule has 136 valence electrons. The Bertz CT molecular complexity index is 490. The van der Waals surface area contributed by atoms with Crippen LogP contribution in [0, 0.1) is 0 Å². The third-order valence-electron chi connectivity index (χ3n) is 4.44. The van der Waals surface area contributed by atoms with Crippen molar-refractivity contribution in [1.29, 1.82) is 0 Å². The molecule has 6 nitrogen and oxygen atoms in total. The highest BCUT2D eigenvalue weighted by Crippen LogP contribution is 2.24. The van der Waals surface area contributed by atoms with Crippen molar-refractivity contribution in [2.24, 2.45) is 0 Å². The number of aliphatic hydroxyl groups is 1. The SMILES string of the molecule is CCN1CCN(C[C@H](O)COCc2cc(OC)ccc2OC)CC1. The Balaban J connectivity index is 1.73. The maximum absolute atomic E-state index is 10.2. The van der Waals surface area contributed by atoms with E-state index in [-0.39, 0.29) is 0 Å². The molecule has 0 aromatic heterocycles. The van der Waals surface area contributed by atoms with Crippen LogP contribution in [-0.2, 0) is 11.3 Å². The Morgan fingerprint density at radius 2 is 1.79 bits per heavy atom. The molecule has 0 radical (unpaired) electrons. The van der Waals surface area contributed by atoms with Gasteiger partial charge in [-0.05, 0) is 24.7 Å². The van der Waals surface area contributed by atoms with Crippen LogP contribution in [0.1, 0.15) is 12.5 Å². The van der Waals surface area contributed by atoms with E-state index >= 15 is 0 Å². The first-order valence-corrected chi connectivity index (χ1v) is 8.57. The van der Waals surface area contributed by atoms with Crippen molar-refractivity contribution >= 4 is 0 Å². The molecule has 0 unspecified atom stereocenters. The Kier molecular flexibility index (Phi) is 7.78. The zero-order chi connectivity index (χ0) is 17.4. The van der Waals surface area contributed by atoms with Gasteiger partial charge >= 0.3 is 0 Å². The summed E-state index contributed by atoms with van der Waals surface area (Å²) in [4.78, 5) is 4.72. The number of likely N-dealkylation sites (N-methyl/N-ethyl adjacent to an activating group) is 1. The number of hydrogen-bond donors (Lipinski definition) is 1. The van der Waals surface area contributed by atoms with E-state index in [1.54, 1.807) is 14.2 Å². The summed E-state index contributed by atoms with van der Waals surface area (Å²) in [7, 11) is 3.27. The van der Waals surface area contributed by atoms with Gasteiger partial charge < -0.3 is 24.2 Å². The van der Waals surface area contributed by atoms with E-state index in [0.717, 1.165) is 49.8 Å². The van der Waals surface area contributed by atoms with E-state index < -0.39 is 6.10 Å². The molecule has 24 heavy (non-hydrogen) atoms. The molecule has 1 fully saturated rings. The first kappa shape index (κ1) is 19.0. The molecule has 6 heteroatoms. The molecular formula is C18H30N2O4. The van der Waals surface area contributed by atoms with Crippen molar-refractivity contribution < 1.29 is 19.3 Å². The number of β-amino-alcohol motifs (C(OH)–C–C–N with tert-alkyl or cyclic N) is 1. The molecule has 0 spiro atoms. The molecule has 1 aromatic carbocycles. The Hall–Kier alpha value is -1.34. The average Bonchev–Trinajstić information content (AvgIpc) is 2.62. The minimum Gasteiger partial charge on any atom is -0.497 e. The van der Waals surface area contributed by atoms with Crippen LogP contribution in [0.3, 0.4) is 0 Å². The molecule has 0 bridgehead atoms. The lowest BCUT2D eigenvalue weighted by Crippen LogP contribution is -2.48. The Labute approximate surface area is 144 Å². The van der Waals surface area contributed by atoms with Gasteiger partial charge in [0.1, 0.15) is 11.5 Å². The summed E-state index contributed by atoms with van der Waals surface area (Å²) in [5, 5.41) is 10.2. The molecule has 2 rings (SSSR count). The predicted octanol–water partition coefficient (Wildman–Crippen LogP) is 1.22. The van der Waals surface area contributed by atoms with Crippen molar-refractivity contribution in [3.8, 4) is 11.5 Å². The van der Waals surface area contributed by atoms with Gasteiger partial charge in [0.2, 0.25) is 0 Å². The number of benzene rings is 1. The molecule has 0 saturated carbocycles. The van der Waals surface area contributed by atoms with Crippen LogP contribution in [-0.4, -0.2) is 81.1 Å². The van der Waals surface area contributed by atoms with Crippen LogP contribution < -0.4 is 9.47 Å². The molecule has 0 amide bonds. The summed E-state index contributed by atoms with van der Waals surface area (Å²) in [6, 6.07) is 5.61. The predicted molar refractivity (Wildman–Crippen MR) is 93.8 cm³/mol. The quantitative estimate of drug-likeness (QED) is 0.731. The van der Waals surface area contributed by atoms with Crippen LogP contribution >= 0.6 is 0 Å². The summed E-state index contributed by atoms with van der Waals surface area (Å²) in [5.41, 5.74) is 0.917. The van der Waals surface area contributed by atoms with E-state index in [9.17, 15) is 5.11 Å². The third kappa shape index (κ3) is 5.63. The van der Waals surface area contributed by atoms with Crippen LogP contribution in [0.25, 0.3) is 0 Å². The fraction of sp³-hybridized carbons (Fsp3) is 0.667. The highest BCUT2D eigenvalue weighted by atomic mass is 16.5. The van der Waals surface area contributed by atoms with Gasteiger partial charge in [-0.15, -0.1) is 0 Å². The third-order valence-corrected chi connectivity index (χ3v) is 4.44. The van der Waals surface area contributed by atoms with Crippen molar-refractivity contribution in [2.45, 2.75) is 19.6 Å². The van der Waals surface area contributed by atoms with Crippen molar-refractivity contribution in [3.63, 3.8) is 0 Å². The van der Waals surface area contributed by atoms with E-state index in [1.807, 2.05) is 18.2 Å². The lowest BCUT2D eigenvalue weighted by Gasteiger charge is -2.34. The van der Waals surface area contributed by atoms with Crippen LogP contribution in [0.5, 0.6) is 11.5 Å². The first-order chi connectivity index (χ1) is 11.7. The topological polar surface area (TPSA) is 54.4 Å². The van der Waals surface area contributed by atoms with Gasteiger partial charge in [-0.3, -0.25) is 4.90 Å². The van der Waals surface area contributed by atoms with E-state index in [0.29, 0.717) is 19.8 Å². The number of piperazine rings is 1. The first-order valence-electron chi connectivity index (χ1n) is 8.57. The number of rotatable bonds is 9. The molecule has 1 aliphatic rings. The average molecular weight is 338 g/mol. The van der Waals surface area contributed by atoms with Crippen LogP contribution in [0.4, 0.5) is 0 Å². The lowest BCUT2D eigenvalue weighted by molar-refractivity contribution is 0.00133. The molecule has 1 aliphatic heterocycles. The van der Waals surface area contributed by atoms with E-state index in [1.165, 1.54) is 0 Å². The largest absolute Gasteiger partial charge is 0.497 e. The number of methoxy groups -OCH3 is 2. The van der Waals surface area contributed by atoms with Crippen molar-refractivity contribution in [1.82, 2.24) is 9.80 Å². The minimum atomic E-state index is -0.477. The summed E-state index contributed by atoms with van der Waals surface area (Å²) < 4.78 is 16.2. The Morgan fingerprint density at radius 3 is 2.42 bits per heavy atom. The second kappa shape index (κ2) is 9.84. The van der Waals surface area contributed by atoms with E-state index in [2.05, 4.69) is 16.7 Å².